The largest absolute Gasteiger partial charge is 0.340 e. The van der Waals surface area contributed by atoms with Crippen LogP contribution in [0.3, 0.4) is 0 Å². The number of aryl methyl sites for hydroxylation is 1. The quantitative estimate of drug-likeness (QED) is 0.502. The Morgan fingerprint density at radius 1 is 1.24 bits per heavy atom. The SMILES string of the molecule is Cc1nc(C2(NCc3cccc([N+](=O)[O-])c3C)CCCCCC2)no1. The molecule has 0 bridgehead atoms. The Labute approximate surface area is 147 Å². The summed E-state index contributed by atoms with van der Waals surface area (Å²) in [4.78, 5) is 15.3. The maximum Gasteiger partial charge on any atom is 0.272 e. The summed E-state index contributed by atoms with van der Waals surface area (Å²) in [7, 11) is 0. The molecule has 0 amide bonds. The van der Waals surface area contributed by atoms with Crippen molar-refractivity contribution in [2.75, 3.05) is 0 Å². The Bertz CT molecular complexity index is 749. The van der Waals surface area contributed by atoms with Crippen molar-refractivity contribution in [2.24, 2.45) is 0 Å². The fourth-order valence-corrected chi connectivity index (χ4v) is 3.63. The van der Waals surface area contributed by atoms with Gasteiger partial charge in [-0.05, 0) is 25.3 Å². The molecule has 25 heavy (non-hydrogen) atoms. The lowest BCUT2D eigenvalue weighted by Crippen LogP contribution is -2.42. The molecule has 1 aliphatic rings. The third kappa shape index (κ3) is 3.71. The standard InChI is InChI=1S/C18H24N4O3/c1-13-15(8-7-9-16(13)22(23)24)12-19-18(10-5-3-4-6-11-18)17-20-14(2)25-21-17/h7-9,19H,3-6,10-12H2,1-2H3. The molecule has 1 aliphatic carbocycles. The fraction of sp³-hybridized carbons (Fsp3) is 0.556. The average Bonchev–Trinajstić information content (AvgIpc) is 2.89. The van der Waals surface area contributed by atoms with E-state index in [1.807, 2.05) is 6.07 Å². The summed E-state index contributed by atoms with van der Waals surface area (Å²) < 4.78 is 5.22. The molecule has 1 aromatic carbocycles. The van der Waals surface area contributed by atoms with Crippen LogP contribution in [0.1, 0.15) is 61.4 Å². The van der Waals surface area contributed by atoms with Crippen LogP contribution >= 0.6 is 0 Å². The molecule has 7 nitrogen and oxygen atoms in total. The molecule has 0 radical (unpaired) electrons. The minimum atomic E-state index is -0.331. The molecule has 1 saturated carbocycles. The Hall–Kier alpha value is -2.28. The Kier molecular flexibility index (Phi) is 5.13. The second kappa shape index (κ2) is 7.31. The average molecular weight is 344 g/mol. The van der Waals surface area contributed by atoms with Crippen LogP contribution in [-0.4, -0.2) is 15.1 Å². The molecule has 7 heteroatoms. The van der Waals surface area contributed by atoms with Crippen molar-refractivity contribution in [2.45, 2.75) is 64.5 Å². The molecule has 0 unspecified atom stereocenters. The molecule has 1 aromatic heterocycles. The normalized spacial score (nSPS) is 17.2. The highest BCUT2D eigenvalue weighted by Gasteiger charge is 2.37. The summed E-state index contributed by atoms with van der Waals surface area (Å²) in [5, 5.41) is 19.0. The first kappa shape index (κ1) is 17.5. The topological polar surface area (TPSA) is 94.1 Å². The molecule has 134 valence electrons. The molecule has 3 rings (SSSR count). The van der Waals surface area contributed by atoms with Crippen LogP contribution < -0.4 is 5.32 Å². The highest BCUT2D eigenvalue weighted by molar-refractivity contribution is 5.44. The maximum atomic E-state index is 11.2. The third-order valence-electron chi connectivity index (χ3n) is 5.14. The molecule has 0 aliphatic heterocycles. The smallest absolute Gasteiger partial charge is 0.272 e. The van der Waals surface area contributed by atoms with Crippen molar-refractivity contribution in [1.82, 2.24) is 15.5 Å². The van der Waals surface area contributed by atoms with Gasteiger partial charge in [0.05, 0.1) is 10.5 Å². The summed E-state index contributed by atoms with van der Waals surface area (Å²) >= 11 is 0. The first-order valence-electron chi connectivity index (χ1n) is 8.80. The summed E-state index contributed by atoms with van der Waals surface area (Å²) in [5.41, 5.74) is 1.46. The Morgan fingerprint density at radius 2 is 1.96 bits per heavy atom. The summed E-state index contributed by atoms with van der Waals surface area (Å²) in [6, 6.07) is 5.21. The molecule has 1 heterocycles. The minimum Gasteiger partial charge on any atom is -0.340 e. The van der Waals surface area contributed by atoms with Gasteiger partial charge in [-0.1, -0.05) is 43.0 Å². The van der Waals surface area contributed by atoms with Gasteiger partial charge in [0.2, 0.25) is 5.89 Å². The Morgan fingerprint density at radius 3 is 2.56 bits per heavy atom. The van der Waals surface area contributed by atoms with E-state index >= 15 is 0 Å². The van der Waals surface area contributed by atoms with E-state index in [0.717, 1.165) is 31.2 Å². The van der Waals surface area contributed by atoms with Crippen LogP contribution in [-0.2, 0) is 12.1 Å². The van der Waals surface area contributed by atoms with Gasteiger partial charge in [-0.25, -0.2) is 0 Å². The summed E-state index contributed by atoms with van der Waals surface area (Å²) in [5.74, 6) is 1.27. The van der Waals surface area contributed by atoms with E-state index in [1.165, 1.54) is 12.8 Å². The van der Waals surface area contributed by atoms with Gasteiger partial charge in [0, 0.05) is 25.1 Å². The molecular weight excluding hydrogens is 320 g/mol. The molecule has 0 spiro atoms. The number of nitrogens with one attached hydrogen (secondary N) is 1. The maximum absolute atomic E-state index is 11.2. The van der Waals surface area contributed by atoms with Gasteiger partial charge < -0.3 is 9.84 Å². The number of nitro groups is 1. The second-order valence-corrected chi connectivity index (χ2v) is 6.81. The highest BCUT2D eigenvalue weighted by atomic mass is 16.6. The van der Waals surface area contributed by atoms with E-state index in [-0.39, 0.29) is 16.1 Å². The van der Waals surface area contributed by atoms with Crippen molar-refractivity contribution in [3.05, 3.63) is 51.2 Å². The molecule has 0 saturated heterocycles. The number of hydrogen-bond acceptors (Lipinski definition) is 6. The van der Waals surface area contributed by atoms with Gasteiger partial charge >= 0.3 is 0 Å². The van der Waals surface area contributed by atoms with Crippen molar-refractivity contribution >= 4 is 5.69 Å². The zero-order chi connectivity index (χ0) is 17.9. The van der Waals surface area contributed by atoms with Crippen LogP contribution in [0.5, 0.6) is 0 Å². The number of hydrogen-bond donors (Lipinski definition) is 1. The van der Waals surface area contributed by atoms with Gasteiger partial charge in [-0.3, -0.25) is 10.1 Å². The lowest BCUT2D eigenvalue weighted by atomic mass is 9.88. The third-order valence-corrected chi connectivity index (χ3v) is 5.14. The molecule has 0 atom stereocenters. The zero-order valence-corrected chi connectivity index (χ0v) is 14.7. The molecule has 1 fully saturated rings. The highest BCUT2D eigenvalue weighted by Crippen LogP contribution is 2.35. The van der Waals surface area contributed by atoms with Crippen molar-refractivity contribution < 1.29 is 9.45 Å². The Balaban J connectivity index is 1.87. The minimum absolute atomic E-state index is 0.157. The lowest BCUT2D eigenvalue weighted by Gasteiger charge is -2.31. The first-order chi connectivity index (χ1) is 12.0. The monoisotopic (exact) mass is 344 g/mol. The number of nitro benzene ring substituents is 1. The fourth-order valence-electron chi connectivity index (χ4n) is 3.63. The van der Waals surface area contributed by atoms with E-state index in [4.69, 9.17) is 4.52 Å². The zero-order valence-electron chi connectivity index (χ0n) is 14.7. The molecule has 2 aromatic rings. The molecule has 1 N–H and O–H groups in total. The lowest BCUT2D eigenvalue weighted by molar-refractivity contribution is -0.385. The van der Waals surface area contributed by atoms with Crippen LogP contribution in [0.15, 0.2) is 22.7 Å². The van der Waals surface area contributed by atoms with Crippen LogP contribution in [0.2, 0.25) is 0 Å². The van der Waals surface area contributed by atoms with Crippen LogP contribution in [0.4, 0.5) is 5.69 Å². The van der Waals surface area contributed by atoms with Crippen molar-refractivity contribution in [3.8, 4) is 0 Å². The number of benzene rings is 1. The predicted molar refractivity (Wildman–Crippen MR) is 93.1 cm³/mol. The second-order valence-electron chi connectivity index (χ2n) is 6.81. The van der Waals surface area contributed by atoms with Gasteiger partial charge in [-0.15, -0.1) is 0 Å². The van der Waals surface area contributed by atoms with E-state index in [0.29, 0.717) is 23.8 Å². The van der Waals surface area contributed by atoms with Gasteiger partial charge in [0.25, 0.3) is 5.69 Å². The van der Waals surface area contributed by atoms with Crippen molar-refractivity contribution in [3.63, 3.8) is 0 Å². The number of aromatic nitrogens is 2. The summed E-state index contributed by atoms with van der Waals surface area (Å²) in [6.45, 7) is 4.14. The number of nitrogens with zero attached hydrogens (tertiary/aromatic N) is 3. The van der Waals surface area contributed by atoms with Gasteiger partial charge in [-0.2, -0.15) is 4.98 Å². The number of rotatable bonds is 5. The van der Waals surface area contributed by atoms with E-state index in [2.05, 4.69) is 15.5 Å². The van der Waals surface area contributed by atoms with Crippen molar-refractivity contribution in [1.29, 1.82) is 0 Å². The van der Waals surface area contributed by atoms with Gasteiger partial charge in [0.15, 0.2) is 5.82 Å². The van der Waals surface area contributed by atoms with Gasteiger partial charge in [0.1, 0.15) is 0 Å². The van der Waals surface area contributed by atoms with E-state index in [1.54, 1.807) is 26.0 Å². The van der Waals surface area contributed by atoms with Crippen LogP contribution in [0.25, 0.3) is 0 Å². The van der Waals surface area contributed by atoms with Crippen LogP contribution in [0, 0.1) is 24.0 Å². The molecular formula is C18H24N4O3. The van der Waals surface area contributed by atoms with E-state index < -0.39 is 0 Å². The predicted octanol–water partition coefficient (Wildman–Crippen LogP) is 3.93. The first-order valence-corrected chi connectivity index (χ1v) is 8.80. The summed E-state index contributed by atoms with van der Waals surface area (Å²) in [6.07, 6.45) is 6.51. The van der Waals surface area contributed by atoms with E-state index in [9.17, 15) is 10.1 Å².